The number of methoxy groups -OCH3 is 1. The Kier molecular flexibility index (Phi) is 4.20. The van der Waals surface area contributed by atoms with E-state index >= 15 is 0 Å². The summed E-state index contributed by atoms with van der Waals surface area (Å²) in [5.41, 5.74) is 2.36. The van der Waals surface area contributed by atoms with Crippen LogP contribution in [0.25, 0.3) is 0 Å². The molecule has 0 aromatic heterocycles. The summed E-state index contributed by atoms with van der Waals surface area (Å²) in [6.45, 7) is 1.82. The van der Waals surface area contributed by atoms with Crippen LogP contribution in [0.2, 0.25) is 0 Å². The third kappa shape index (κ3) is 2.95. The quantitative estimate of drug-likeness (QED) is 0.738. The fourth-order valence-corrected chi connectivity index (χ4v) is 2.87. The van der Waals surface area contributed by atoms with E-state index in [1.54, 1.807) is 12.1 Å². The number of hydrogen-bond acceptors (Lipinski definition) is 1. The zero-order chi connectivity index (χ0) is 14.0. The van der Waals surface area contributed by atoms with Crippen molar-refractivity contribution in [3.05, 3.63) is 64.7 Å². The fourth-order valence-electron chi connectivity index (χ4n) is 1.99. The maximum Gasteiger partial charge on any atom is 0.123 e. The van der Waals surface area contributed by atoms with E-state index in [9.17, 15) is 8.78 Å². The standard InChI is InChI=1S/C15H13BrF2O/c1-9-7-10(17)3-5-12(9)15(16)13-8-11(18)4-6-14(13)19-2/h3-8,15H,1-2H3. The van der Waals surface area contributed by atoms with Crippen molar-refractivity contribution in [1.29, 1.82) is 0 Å². The fraction of sp³-hybridized carbons (Fsp3) is 0.200. The Morgan fingerprint density at radius 2 is 1.63 bits per heavy atom. The monoisotopic (exact) mass is 326 g/mol. The number of benzene rings is 2. The van der Waals surface area contributed by atoms with Gasteiger partial charge in [-0.05, 0) is 48.4 Å². The van der Waals surface area contributed by atoms with Gasteiger partial charge in [0.15, 0.2) is 0 Å². The summed E-state index contributed by atoms with van der Waals surface area (Å²) in [5, 5.41) is 0. The van der Waals surface area contributed by atoms with Crippen LogP contribution in [0.3, 0.4) is 0 Å². The average Bonchev–Trinajstić information content (AvgIpc) is 2.38. The SMILES string of the molecule is COc1ccc(F)cc1C(Br)c1ccc(F)cc1C. The van der Waals surface area contributed by atoms with Gasteiger partial charge in [0.25, 0.3) is 0 Å². The van der Waals surface area contributed by atoms with Crippen LogP contribution in [0.15, 0.2) is 36.4 Å². The van der Waals surface area contributed by atoms with Crippen LogP contribution in [0.4, 0.5) is 8.78 Å². The molecule has 2 rings (SSSR count). The Morgan fingerprint density at radius 1 is 1.00 bits per heavy atom. The Hall–Kier alpha value is -1.42. The van der Waals surface area contributed by atoms with E-state index in [1.165, 1.54) is 31.4 Å². The molecule has 0 saturated heterocycles. The van der Waals surface area contributed by atoms with Crippen LogP contribution in [0.5, 0.6) is 5.75 Å². The van der Waals surface area contributed by atoms with E-state index in [0.717, 1.165) is 11.1 Å². The maximum atomic E-state index is 13.4. The Labute approximate surface area is 119 Å². The molecule has 0 aliphatic carbocycles. The van der Waals surface area contributed by atoms with Crippen molar-refractivity contribution in [2.75, 3.05) is 7.11 Å². The molecule has 0 bridgehead atoms. The predicted octanol–water partition coefficient (Wildman–Crippen LogP) is 4.77. The minimum Gasteiger partial charge on any atom is -0.496 e. The minimum absolute atomic E-state index is 0.251. The van der Waals surface area contributed by atoms with E-state index in [2.05, 4.69) is 15.9 Å². The molecule has 0 amide bonds. The first kappa shape index (κ1) is 14.0. The lowest BCUT2D eigenvalue weighted by molar-refractivity contribution is 0.409. The van der Waals surface area contributed by atoms with Crippen LogP contribution in [0.1, 0.15) is 21.5 Å². The van der Waals surface area contributed by atoms with E-state index in [0.29, 0.717) is 11.3 Å². The highest BCUT2D eigenvalue weighted by molar-refractivity contribution is 9.09. The molecule has 0 spiro atoms. The lowest BCUT2D eigenvalue weighted by Gasteiger charge is -2.16. The van der Waals surface area contributed by atoms with Crippen molar-refractivity contribution in [3.8, 4) is 5.75 Å². The molecule has 0 saturated carbocycles. The molecule has 0 heterocycles. The summed E-state index contributed by atoms with van der Waals surface area (Å²) >= 11 is 3.53. The molecular formula is C15H13BrF2O. The molecule has 100 valence electrons. The summed E-state index contributed by atoms with van der Waals surface area (Å²) < 4.78 is 31.7. The Morgan fingerprint density at radius 3 is 2.26 bits per heavy atom. The first-order valence-corrected chi connectivity index (χ1v) is 6.68. The average molecular weight is 327 g/mol. The number of hydrogen-bond donors (Lipinski definition) is 0. The van der Waals surface area contributed by atoms with Crippen LogP contribution in [0, 0.1) is 18.6 Å². The van der Waals surface area contributed by atoms with E-state index < -0.39 is 0 Å². The highest BCUT2D eigenvalue weighted by atomic mass is 79.9. The maximum absolute atomic E-state index is 13.4. The lowest BCUT2D eigenvalue weighted by atomic mass is 9.99. The molecule has 0 N–H and O–H groups in total. The molecule has 2 aromatic rings. The van der Waals surface area contributed by atoms with Gasteiger partial charge in [-0.1, -0.05) is 22.0 Å². The number of rotatable bonds is 3. The van der Waals surface area contributed by atoms with Crippen LogP contribution >= 0.6 is 15.9 Å². The van der Waals surface area contributed by atoms with E-state index in [1.807, 2.05) is 6.92 Å². The second-order valence-electron chi connectivity index (χ2n) is 4.25. The Balaban J connectivity index is 2.49. The molecule has 4 heteroatoms. The lowest BCUT2D eigenvalue weighted by Crippen LogP contribution is -2.00. The molecule has 1 nitrogen and oxygen atoms in total. The second-order valence-corrected chi connectivity index (χ2v) is 5.17. The highest BCUT2D eigenvalue weighted by Crippen LogP contribution is 2.38. The van der Waals surface area contributed by atoms with Gasteiger partial charge in [0.1, 0.15) is 17.4 Å². The third-order valence-electron chi connectivity index (χ3n) is 2.97. The summed E-state index contributed by atoms with van der Waals surface area (Å²) in [5.74, 6) is -0.0285. The van der Waals surface area contributed by atoms with Gasteiger partial charge in [-0.15, -0.1) is 0 Å². The molecule has 1 unspecified atom stereocenters. The van der Waals surface area contributed by atoms with E-state index in [-0.39, 0.29) is 16.5 Å². The van der Waals surface area contributed by atoms with Crippen molar-refractivity contribution in [3.63, 3.8) is 0 Å². The summed E-state index contributed by atoms with van der Waals surface area (Å²) in [4.78, 5) is -0.251. The molecule has 0 radical (unpaired) electrons. The van der Waals surface area contributed by atoms with Crippen molar-refractivity contribution in [2.45, 2.75) is 11.8 Å². The topological polar surface area (TPSA) is 9.23 Å². The normalized spacial score (nSPS) is 12.3. The van der Waals surface area contributed by atoms with Crippen molar-refractivity contribution < 1.29 is 13.5 Å². The molecule has 2 aromatic carbocycles. The first-order chi connectivity index (χ1) is 9.02. The van der Waals surface area contributed by atoms with Gasteiger partial charge >= 0.3 is 0 Å². The smallest absolute Gasteiger partial charge is 0.123 e. The number of alkyl halides is 1. The zero-order valence-corrected chi connectivity index (χ0v) is 12.2. The van der Waals surface area contributed by atoms with Gasteiger partial charge < -0.3 is 4.74 Å². The third-order valence-corrected chi connectivity index (χ3v) is 3.96. The number of halogens is 3. The van der Waals surface area contributed by atoms with Gasteiger partial charge in [0, 0.05) is 5.56 Å². The number of aryl methyl sites for hydroxylation is 1. The van der Waals surface area contributed by atoms with Crippen LogP contribution < -0.4 is 4.74 Å². The molecule has 0 fully saturated rings. The van der Waals surface area contributed by atoms with Crippen LogP contribution in [-0.2, 0) is 0 Å². The van der Waals surface area contributed by atoms with Crippen LogP contribution in [-0.4, -0.2) is 7.11 Å². The van der Waals surface area contributed by atoms with Gasteiger partial charge in [-0.3, -0.25) is 0 Å². The van der Waals surface area contributed by atoms with Crippen molar-refractivity contribution in [2.24, 2.45) is 0 Å². The van der Waals surface area contributed by atoms with Gasteiger partial charge in [-0.2, -0.15) is 0 Å². The van der Waals surface area contributed by atoms with Gasteiger partial charge in [0.05, 0.1) is 11.9 Å². The zero-order valence-electron chi connectivity index (χ0n) is 10.6. The molecular weight excluding hydrogens is 314 g/mol. The second kappa shape index (κ2) is 5.70. The van der Waals surface area contributed by atoms with Crippen molar-refractivity contribution in [1.82, 2.24) is 0 Å². The van der Waals surface area contributed by atoms with Gasteiger partial charge in [0.2, 0.25) is 0 Å². The summed E-state index contributed by atoms with van der Waals surface area (Å²) in [6, 6.07) is 8.88. The predicted molar refractivity (Wildman–Crippen MR) is 74.9 cm³/mol. The molecule has 19 heavy (non-hydrogen) atoms. The van der Waals surface area contributed by atoms with E-state index in [4.69, 9.17) is 4.74 Å². The molecule has 0 aliphatic heterocycles. The minimum atomic E-state index is -0.333. The summed E-state index contributed by atoms with van der Waals surface area (Å²) in [7, 11) is 1.54. The molecule has 0 aliphatic rings. The Bertz CT molecular complexity index is 599. The molecule has 1 atom stereocenters. The van der Waals surface area contributed by atoms with Gasteiger partial charge in [-0.25, -0.2) is 8.78 Å². The number of ether oxygens (including phenoxy) is 1. The first-order valence-electron chi connectivity index (χ1n) is 5.76. The highest BCUT2D eigenvalue weighted by Gasteiger charge is 2.18. The summed E-state index contributed by atoms with van der Waals surface area (Å²) in [6.07, 6.45) is 0. The largest absolute Gasteiger partial charge is 0.496 e. The van der Waals surface area contributed by atoms with Crippen molar-refractivity contribution >= 4 is 15.9 Å².